The number of hydrogen-bond donors (Lipinski definition) is 1. The molecule has 1 heterocycles. The van der Waals surface area contributed by atoms with Gasteiger partial charge in [0.2, 0.25) is 0 Å². The van der Waals surface area contributed by atoms with E-state index in [0.29, 0.717) is 32.2 Å². The van der Waals surface area contributed by atoms with Gasteiger partial charge in [0.25, 0.3) is 0 Å². The molecular weight excluding hydrogens is 259 g/mol. The highest BCUT2D eigenvalue weighted by atomic mass is 35.5. The standard InChI is InChI=1S/C12H8Cl2N2O/c1-6-8(2-3-15)12(17)11-9(14)4-7(13)5-10(11)16-6/h4-5H,2H2,1H3,(H,16,17). The predicted molar refractivity (Wildman–Crippen MR) is 68.6 cm³/mol. The van der Waals surface area contributed by atoms with Crippen molar-refractivity contribution in [2.75, 3.05) is 0 Å². The predicted octanol–water partition coefficient (Wildman–Crippen LogP) is 3.21. The number of hydrogen-bond acceptors (Lipinski definition) is 2. The zero-order valence-electron chi connectivity index (χ0n) is 8.97. The van der Waals surface area contributed by atoms with Crippen molar-refractivity contribution in [3.05, 3.63) is 43.7 Å². The molecule has 0 fully saturated rings. The molecule has 5 heteroatoms. The van der Waals surface area contributed by atoms with Crippen LogP contribution in [-0.4, -0.2) is 4.98 Å². The second-order valence-electron chi connectivity index (χ2n) is 3.70. The normalized spacial score (nSPS) is 10.5. The molecule has 17 heavy (non-hydrogen) atoms. The number of pyridine rings is 1. The largest absolute Gasteiger partial charge is 0.358 e. The highest BCUT2D eigenvalue weighted by Crippen LogP contribution is 2.25. The highest BCUT2D eigenvalue weighted by Gasteiger charge is 2.12. The molecule has 1 N–H and O–H groups in total. The van der Waals surface area contributed by atoms with E-state index >= 15 is 0 Å². The average Bonchev–Trinajstić information content (AvgIpc) is 2.22. The monoisotopic (exact) mass is 266 g/mol. The number of aromatic nitrogens is 1. The van der Waals surface area contributed by atoms with Crippen molar-refractivity contribution in [2.45, 2.75) is 13.3 Å². The van der Waals surface area contributed by atoms with Crippen LogP contribution in [0.25, 0.3) is 10.9 Å². The van der Waals surface area contributed by atoms with Crippen molar-refractivity contribution in [3.63, 3.8) is 0 Å². The number of aromatic amines is 1. The molecule has 1 aromatic carbocycles. The summed E-state index contributed by atoms with van der Waals surface area (Å²) in [6.07, 6.45) is 0.0655. The van der Waals surface area contributed by atoms with Gasteiger partial charge in [-0.25, -0.2) is 0 Å². The van der Waals surface area contributed by atoms with E-state index in [1.807, 2.05) is 6.07 Å². The van der Waals surface area contributed by atoms with E-state index in [2.05, 4.69) is 4.98 Å². The molecule has 0 spiro atoms. The fourth-order valence-corrected chi connectivity index (χ4v) is 2.37. The molecule has 0 aliphatic carbocycles. The number of rotatable bonds is 1. The topological polar surface area (TPSA) is 56.6 Å². The van der Waals surface area contributed by atoms with Gasteiger partial charge in [0.1, 0.15) is 0 Å². The molecule has 1 aromatic heterocycles. The van der Waals surface area contributed by atoms with E-state index in [9.17, 15) is 4.79 Å². The lowest BCUT2D eigenvalue weighted by atomic mass is 10.1. The zero-order chi connectivity index (χ0) is 12.6. The Hall–Kier alpha value is -1.50. The molecule has 0 saturated heterocycles. The summed E-state index contributed by atoms with van der Waals surface area (Å²) >= 11 is 11.9. The van der Waals surface area contributed by atoms with Crippen LogP contribution in [0.15, 0.2) is 16.9 Å². The molecule has 0 atom stereocenters. The number of nitrogens with one attached hydrogen (secondary N) is 1. The Morgan fingerprint density at radius 1 is 1.41 bits per heavy atom. The maximum atomic E-state index is 12.2. The molecule has 0 unspecified atom stereocenters. The summed E-state index contributed by atoms with van der Waals surface area (Å²) in [5.74, 6) is 0. The fourth-order valence-electron chi connectivity index (χ4n) is 1.79. The van der Waals surface area contributed by atoms with Gasteiger partial charge in [0.05, 0.1) is 28.4 Å². The van der Waals surface area contributed by atoms with Crippen molar-refractivity contribution in [3.8, 4) is 6.07 Å². The third kappa shape index (κ3) is 2.02. The van der Waals surface area contributed by atoms with Gasteiger partial charge >= 0.3 is 0 Å². The van der Waals surface area contributed by atoms with Crippen molar-refractivity contribution in [1.29, 1.82) is 5.26 Å². The fraction of sp³-hybridized carbons (Fsp3) is 0.167. The molecule has 2 aromatic rings. The summed E-state index contributed by atoms with van der Waals surface area (Å²) in [5, 5.41) is 9.84. The molecule has 0 aliphatic heterocycles. The van der Waals surface area contributed by atoms with Crippen molar-refractivity contribution in [2.24, 2.45) is 0 Å². The number of nitrogens with zero attached hydrogens (tertiary/aromatic N) is 1. The van der Waals surface area contributed by atoms with Crippen LogP contribution >= 0.6 is 23.2 Å². The molecule has 0 amide bonds. The molecule has 0 saturated carbocycles. The van der Waals surface area contributed by atoms with Crippen molar-refractivity contribution >= 4 is 34.1 Å². The molecular formula is C12H8Cl2N2O. The van der Waals surface area contributed by atoms with Crippen LogP contribution in [-0.2, 0) is 6.42 Å². The Morgan fingerprint density at radius 2 is 2.12 bits per heavy atom. The first-order valence-electron chi connectivity index (χ1n) is 4.92. The van der Waals surface area contributed by atoms with Gasteiger partial charge in [0, 0.05) is 16.3 Å². The molecule has 0 bridgehead atoms. The maximum Gasteiger partial charge on any atom is 0.195 e. The summed E-state index contributed by atoms with van der Waals surface area (Å²) < 4.78 is 0. The maximum absolute atomic E-state index is 12.2. The molecule has 2 rings (SSSR count). The second kappa shape index (κ2) is 4.40. The summed E-state index contributed by atoms with van der Waals surface area (Å²) in [6, 6.07) is 5.14. The number of fused-ring (bicyclic) bond motifs is 1. The Morgan fingerprint density at radius 3 is 2.76 bits per heavy atom. The third-order valence-corrected chi connectivity index (χ3v) is 3.10. The summed E-state index contributed by atoms with van der Waals surface area (Å²) in [5.41, 5.74) is 1.50. The Kier molecular flexibility index (Phi) is 3.10. The first kappa shape index (κ1) is 12.0. The number of H-pyrrole nitrogens is 1. The third-order valence-electron chi connectivity index (χ3n) is 2.59. The van der Waals surface area contributed by atoms with Crippen LogP contribution in [0, 0.1) is 18.3 Å². The Balaban J connectivity index is 2.93. The quantitative estimate of drug-likeness (QED) is 0.862. The van der Waals surface area contributed by atoms with Gasteiger partial charge in [0.15, 0.2) is 5.43 Å². The molecule has 0 radical (unpaired) electrons. The van der Waals surface area contributed by atoms with Gasteiger partial charge in [-0.2, -0.15) is 5.26 Å². The Bertz CT molecular complexity index is 698. The average molecular weight is 267 g/mol. The van der Waals surface area contributed by atoms with E-state index < -0.39 is 0 Å². The summed E-state index contributed by atoms with van der Waals surface area (Å²) in [4.78, 5) is 15.2. The zero-order valence-corrected chi connectivity index (χ0v) is 10.5. The van der Waals surface area contributed by atoms with E-state index in [4.69, 9.17) is 28.5 Å². The van der Waals surface area contributed by atoms with Gasteiger partial charge < -0.3 is 4.98 Å². The van der Waals surface area contributed by atoms with Gasteiger partial charge in [-0.1, -0.05) is 23.2 Å². The SMILES string of the molecule is Cc1[nH]c2cc(Cl)cc(Cl)c2c(=O)c1CC#N. The lowest BCUT2D eigenvalue weighted by Gasteiger charge is -2.07. The van der Waals surface area contributed by atoms with Crippen LogP contribution in [0.3, 0.4) is 0 Å². The lowest BCUT2D eigenvalue weighted by Crippen LogP contribution is -2.13. The molecule has 3 nitrogen and oxygen atoms in total. The van der Waals surface area contributed by atoms with Gasteiger partial charge in [-0.15, -0.1) is 0 Å². The first-order valence-corrected chi connectivity index (χ1v) is 5.67. The van der Waals surface area contributed by atoms with E-state index in [0.717, 1.165) is 0 Å². The van der Waals surface area contributed by atoms with Crippen LogP contribution in [0.5, 0.6) is 0 Å². The molecule has 86 valence electrons. The van der Waals surface area contributed by atoms with Crippen molar-refractivity contribution < 1.29 is 0 Å². The highest BCUT2D eigenvalue weighted by molar-refractivity contribution is 6.38. The van der Waals surface area contributed by atoms with E-state index in [1.54, 1.807) is 13.0 Å². The minimum absolute atomic E-state index is 0.0655. The van der Waals surface area contributed by atoms with E-state index in [1.165, 1.54) is 6.07 Å². The van der Waals surface area contributed by atoms with Gasteiger partial charge in [-0.05, 0) is 19.1 Å². The van der Waals surface area contributed by atoms with Crippen LogP contribution in [0.4, 0.5) is 0 Å². The number of aryl methyl sites for hydroxylation is 1. The van der Waals surface area contributed by atoms with Crippen molar-refractivity contribution in [1.82, 2.24) is 4.98 Å². The van der Waals surface area contributed by atoms with Crippen LogP contribution < -0.4 is 5.43 Å². The van der Waals surface area contributed by atoms with Gasteiger partial charge in [-0.3, -0.25) is 4.79 Å². The van der Waals surface area contributed by atoms with Crippen LogP contribution in [0.2, 0.25) is 10.0 Å². The lowest BCUT2D eigenvalue weighted by molar-refractivity contribution is 1.12. The Labute approximate surface area is 108 Å². The smallest absolute Gasteiger partial charge is 0.195 e. The van der Waals surface area contributed by atoms with E-state index in [-0.39, 0.29) is 11.8 Å². The summed E-state index contributed by atoms with van der Waals surface area (Å²) in [7, 11) is 0. The number of benzene rings is 1. The number of halogens is 2. The van der Waals surface area contributed by atoms with Crippen LogP contribution in [0.1, 0.15) is 11.3 Å². The first-order chi connectivity index (χ1) is 8.04. The summed E-state index contributed by atoms with van der Waals surface area (Å²) in [6.45, 7) is 1.75. The minimum Gasteiger partial charge on any atom is -0.358 e. The molecule has 0 aliphatic rings. The second-order valence-corrected chi connectivity index (χ2v) is 4.55. The number of nitriles is 1. The minimum atomic E-state index is -0.209.